The largest absolute Gasteiger partial charge is 0.478 e. The van der Waals surface area contributed by atoms with Gasteiger partial charge in [-0.1, -0.05) is 25.5 Å². The van der Waals surface area contributed by atoms with Crippen molar-refractivity contribution in [1.82, 2.24) is 0 Å². The number of hydrogen-bond donors (Lipinski definition) is 3. The molecule has 1 aromatic carbocycles. The van der Waals surface area contributed by atoms with Crippen molar-refractivity contribution in [2.75, 3.05) is 11.9 Å². The first kappa shape index (κ1) is 14.9. The number of rotatable bonds is 5. The van der Waals surface area contributed by atoms with E-state index < -0.39 is 11.6 Å². The molecule has 0 radical (unpaired) electrons. The van der Waals surface area contributed by atoms with Gasteiger partial charge in [0.2, 0.25) is 0 Å². The third-order valence-corrected chi connectivity index (χ3v) is 4.38. The Morgan fingerprint density at radius 3 is 2.60 bits per heavy atom. The summed E-state index contributed by atoms with van der Waals surface area (Å²) >= 11 is 0. The molecule has 1 aromatic rings. The van der Waals surface area contributed by atoms with Crippen LogP contribution in [0.3, 0.4) is 0 Å². The molecule has 3 N–H and O–H groups in total. The summed E-state index contributed by atoms with van der Waals surface area (Å²) in [5.41, 5.74) is 0.112. The van der Waals surface area contributed by atoms with E-state index >= 15 is 0 Å². The molecule has 0 heterocycles. The monoisotopic (exact) mass is 277 g/mol. The molecular formula is C16H23NO3. The van der Waals surface area contributed by atoms with E-state index in [1.807, 2.05) is 0 Å². The molecule has 2 rings (SSSR count). The molecule has 0 aromatic heterocycles. The van der Waals surface area contributed by atoms with Gasteiger partial charge >= 0.3 is 5.97 Å². The minimum Gasteiger partial charge on any atom is -0.478 e. The fourth-order valence-corrected chi connectivity index (χ4v) is 2.88. The van der Waals surface area contributed by atoms with Crippen molar-refractivity contribution in [1.29, 1.82) is 0 Å². The van der Waals surface area contributed by atoms with Crippen molar-refractivity contribution >= 4 is 11.7 Å². The van der Waals surface area contributed by atoms with Gasteiger partial charge in [-0.25, -0.2) is 4.79 Å². The Morgan fingerprint density at radius 1 is 1.35 bits per heavy atom. The van der Waals surface area contributed by atoms with Gasteiger partial charge in [0.25, 0.3) is 0 Å². The number of para-hydroxylation sites is 1. The molecule has 110 valence electrons. The number of anilines is 1. The van der Waals surface area contributed by atoms with Gasteiger partial charge in [-0.3, -0.25) is 0 Å². The van der Waals surface area contributed by atoms with Crippen LogP contribution < -0.4 is 5.32 Å². The first-order valence-corrected chi connectivity index (χ1v) is 7.32. The van der Waals surface area contributed by atoms with Crippen LogP contribution in [-0.2, 0) is 0 Å². The Kier molecular flexibility index (Phi) is 4.65. The lowest BCUT2D eigenvalue weighted by Crippen LogP contribution is -2.40. The summed E-state index contributed by atoms with van der Waals surface area (Å²) in [6.45, 7) is 2.60. The summed E-state index contributed by atoms with van der Waals surface area (Å²) in [6, 6.07) is 6.82. The van der Waals surface area contributed by atoms with E-state index in [2.05, 4.69) is 12.2 Å². The first-order valence-electron chi connectivity index (χ1n) is 7.32. The summed E-state index contributed by atoms with van der Waals surface area (Å²) in [5, 5.41) is 22.8. The summed E-state index contributed by atoms with van der Waals surface area (Å²) in [4.78, 5) is 11.1. The quantitative estimate of drug-likeness (QED) is 0.773. The molecule has 0 amide bonds. The molecule has 0 atom stereocenters. The Hall–Kier alpha value is -1.55. The van der Waals surface area contributed by atoms with Gasteiger partial charge in [-0.2, -0.15) is 0 Å². The second-order valence-electron chi connectivity index (χ2n) is 5.78. The van der Waals surface area contributed by atoms with E-state index in [4.69, 9.17) is 5.11 Å². The second-order valence-corrected chi connectivity index (χ2v) is 5.78. The van der Waals surface area contributed by atoms with Crippen LogP contribution in [0.5, 0.6) is 0 Å². The van der Waals surface area contributed by atoms with Gasteiger partial charge in [0, 0.05) is 12.2 Å². The molecule has 1 aliphatic rings. The number of carboxylic acids is 1. The van der Waals surface area contributed by atoms with Gasteiger partial charge in [0.1, 0.15) is 0 Å². The van der Waals surface area contributed by atoms with Crippen LogP contribution in [0.4, 0.5) is 5.69 Å². The van der Waals surface area contributed by atoms with E-state index in [1.54, 1.807) is 24.3 Å². The third kappa shape index (κ3) is 3.51. The maximum absolute atomic E-state index is 11.1. The van der Waals surface area contributed by atoms with Crippen LogP contribution >= 0.6 is 0 Å². The van der Waals surface area contributed by atoms with Crippen LogP contribution in [0, 0.1) is 5.92 Å². The number of carbonyl (C=O) groups is 1. The van der Waals surface area contributed by atoms with Crippen LogP contribution in [0.25, 0.3) is 0 Å². The molecule has 4 heteroatoms. The lowest BCUT2D eigenvalue weighted by Gasteiger charge is -2.36. The van der Waals surface area contributed by atoms with Crippen molar-refractivity contribution in [3.05, 3.63) is 29.8 Å². The average molecular weight is 277 g/mol. The standard InChI is InChI=1S/C16H23NO3/c1-2-12-7-9-16(20,10-8-12)11-17-14-6-4-3-5-13(14)15(18)19/h3-6,12,17,20H,2,7-11H2,1H3,(H,18,19). The number of hydrogen-bond acceptors (Lipinski definition) is 3. The number of aliphatic hydroxyl groups is 1. The Balaban J connectivity index is 1.97. The van der Waals surface area contributed by atoms with Gasteiger partial charge < -0.3 is 15.5 Å². The predicted molar refractivity (Wildman–Crippen MR) is 79.1 cm³/mol. The number of benzene rings is 1. The maximum atomic E-state index is 11.1. The Bertz CT molecular complexity index is 465. The molecule has 0 saturated heterocycles. The van der Waals surface area contributed by atoms with Crippen LogP contribution in [0.1, 0.15) is 49.4 Å². The molecule has 0 spiro atoms. The van der Waals surface area contributed by atoms with E-state index in [0.717, 1.165) is 31.6 Å². The fraction of sp³-hybridized carbons (Fsp3) is 0.562. The molecule has 0 aliphatic heterocycles. The number of aromatic carboxylic acids is 1. The van der Waals surface area contributed by atoms with E-state index in [0.29, 0.717) is 12.2 Å². The van der Waals surface area contributed by atoms with Gasteiger partial charge in [-0.15, -0.1) is 0 Å². The normalized spacial score (nSPS) is 26.2. The van der Waals surface area contributed by atoms with E-state index in [-0.39, 0.29) is 5.56 Å². The third-order valence-electron chi connectivity index (χ3n) is 4.38. The van der Waals surface area contributed by atoms with Gasteiger partial charge in [0.05, 0.1) is 11.2 Å². The van der Waals surface area contributed by atoms with Crippen molar-refractivity contribution < 1.29 is 15.0 Å². The molecule has 1 saturated carbocycles. The van der Waals surface area contributed by atoms with Crippen LogP contribution in [-0.4, -0.2) is 28.3 Å². The highest BCUT2D eigenvalue weighted by molar-refractivity contribution is 5.94. The van der Waals surface area contributed by atoms with Crippen molar-refractivity contribution in [2.45, 2.75) is 44.6 Å². The van der Waals surface area contributed by atoms with Gasteiger partial charge in [-0.05, 0) is 43.7 Å². The molecule has 1 fully saturated rings. The summed E-state index contributed by atoms with van der Waals surface area (Å²) in [6.07, 6.45) is 4.84. The Labute approximate surface area is 119 Å². The zero-order valence-corrected chi connectivity index (χ0v) is 11.9. The minimum absolute atomic E-state index is 0.248. The highest BCUT2D eigenvalue weighted by atomic mass is 16.4. The van der Waals surface area contributed by atoms with Crippen LogP contribution in [0.2, 0.25) is 0 Å². The summed E-state index contributed by atoms with van der Waals surface area (Å²) in [7, 11) is 0. The predicted octanol–water partition coefficient (Wildman–Crippen LogP) is 3.13. The second kappa shape index (κ2) is 6.27. The smallest absolute Gasteiger partial charge is 0.337 e. The summed E-state index contributed by atoms with van der Waals surface area (Å²) < 4.78 is 0. The van der Waals surface area contributed by atoms with Gasteiger partial charge in [0.15, 0.2) is 0 Å². The molecule has 4 nitrogen and oxygen atoms in total. The highest BCUT2D eigenvalue weighted by Gasteiger charge is 2.32. The molecule has 0 bridgehead atoms. The topological polar surface area (TPSA) is 69.6 Å². The molecular weight excluding hydrogens is 254 g/mol. The number of carboxylic acid groups (broad SMARTS) is 1. The zero-order valence-electron chi connectivity index (χ0n) is 11.9. The van der Waals surface area contributed by atoms with Crippen molar-refractivity contribution in [3.63, 3.8) is 0 Å². The Morgan fingerprint density at radius 2 is 2.00 bits per heavy atom. The van der Waals surface area contributed by atoms with E-state index in [1.165, 1.54) is 6.42 Å². The number of nitrogens with one attached hydrogen (secondary N) is 1. The molecule has 20 heavy (non-hydrogen) atoms. The molecule has 0 unspecified atom stereocenters. The van der Waals surface area contributed by atoms with Crippen molar-refractivity contribution in [3.8, 4) is 0 Å². The average Bonchev–Trinajstić information content (AvgIpc) is 2.46. The first-order chi connectivity index (χ1) is 9.54. The SMILES string of the molecule is CCC1CCC(O)(CNc2ccccc2C(=O)O)CC1. The lowest BCUT2D eigenvalue weighted by molar-refractivity contribution is 0.00225. The molecule has 1 aliphatic carbocycles. The fourth-order valence-electron chi connectivity index (χ4n) is 2.88. The van der Waals surface area contributed by atoms with Crippen molar-refractivity contribution in [2.24, 2.45) is 5.92 Å². The maximum Gasteiger partial charge on any atom is 0.337 e. The van der Waals surface area contributed by atoms with Crippen LogP contribution in [0.15, 0.2) is 24.3 Å². The lowest BCUT2D eigenvalue weighted by atomic mass is 9.78. The zero-order chi connectivity index (χ0) is 14.6. The summed E-state index contributed by atoms with van der Waals surface area (Å²) in [5.74, 6) is -0.226. The minimum atomic E-state index is -0.949. The van der Waals surface area contributed by atoms with E-state index in [9.17, 15) is 9.90 Å². The highest BCUT2D eigenvalue weighted by Crippen LogP contribution is 2.34.